The molecule has 2 aromatic carbocycles. The Morgan fingerprint density at radius 2 is 1.83 bits per heavy atom. The van der Waals surface area contributed by atoms with Crippen LogP contribution in [0, 0.1) is 5.92 Å². The fraction of sp³-hybridized carbons (Fsp3) is 0.364. The molecule has 29 heavy (non-hydrogen) atoms. The van der Waals surface area contributed by atoms with Crippen molar-refractivity contribution in [2.75, 3.05) is 18.5 Å². The first-order chi connectivity index (χ1) is 14.0. The Balaban J connectivity index is 1.78. The summed E-state index contributed by atoms with van der Waals surface area (Å²) in [5, 5.41) is 5.37. The fourth-order valence-electron chi connectivity index (χ4n) is 2.70. The molecule has 0 radical (unpaired) electrons. The Labute approximate surface area is 171 Å². The van der Waals surface area contributed by atoms with Crippen LogP contribution in [0.4, 0.5) is 10.5 Å². The Kier molecular flexibility index (Phi) is 8.98. The molecule has 0 saturated heterocycles. The van der Waals surface area contributed by atoms with Crippen LogP contribution >= 0.6 is 0 Å². The standard InChI is InChI=1S/C22H29N3O4/c1-3-16(2)20(21(23)26)25-22(27)24-18-9-7-8-17(14-18)15-28-12-13-29-19-10-5-4-6-11-19/h4-11,14,16,20H,3,12-13,15H2,1-2H3,(H2,23,26)(H2,24,25,27)/t16-,20-/m1/s1. The predicted octanol–water partition coefficient (Wildman–Crippen LogP) is 3.30. The van der Waals surface area contributed by atoms with E-state index in [1.807, 2.05) is 62.4 Å². The molecule has 7 nitrogen and oxygen atoms in total. The first-order valence-corrected chi connectivity index (χ1v) is 9.71. The van der Waals surface area contributed by atoms with Crippen LogP contribution in [0.1, 0.15) is 25.8 Å². The summed E-state index contributed by atoms with van der Waals surface area (Å²) in [6.07, 6.45) is 0.731. The van der Waals surface area contributed by atoms with E-state index >= 15 is 0 Å². The lowest BCUT2D eigenvalue weighted by Gasteiger charge is -2.21. The van der Waals surface area contributed by atoms with Gasteiger partial charge in [0.15, 0.2) is 0 Å². The number of amides is 3. The average Bonchev–Trinajstić information content (AvgIpc) is 2.72. The molecule has 7 heteroatoms. The van der Waals surface area contributed by atoms with Crippen molar-refractivity contribution in [1.29, 1.82) is 0 Å². The van der Waals surface area contributed by atoms with E-state index in [2.05, 4.69) is 10.6 Å². The third kappa shape index (κ3) is 7.83. The molecule has 0 unspecified atom stereocenters. The molecule has 156 valence electrons. The largest absolute Gasteiger partial charge is 0.491 e. The highest BCUT2D eigenvalue weighted by molar-refractivity contribution is 5.93. The first-order valence-electron chi connectivity index (χ1n) is 9.71. The average molecular weight is 399 g/mol. The molecule has 0 aliphatic heterocycles. The number of para-hydroxylation sites is 1. The van der Waals surface area contributed by atoms with Crippen molar-refractivity contribution >= 4 is 17.6 Å². The lowest BCUT2D eigenvalue weighted by atomic mass is 9.99. The Morgan fingerprint density at radius 1 is 1.07 bits per heavy atom. The summed E-state index contributed by atoms with van der Waals surface area (Å²) in [4.78, 5) is 23.8. The quantitative estimate of drug-likeness (QED) is 0.505. The molecule has 0 fully saturated rings. The molecule has 0 aliphatic rings. The third-order valence-corrected chi connectivity index (χ3v) is 4.50. The van der Waals surface area contributed by atoms with Gasteiger partial charge >= 0.3 is 6.03 Å². The maximum atomic E-state index is 12.2. The minimum absolute atomic E-state index is 0.0453. The fourth-order valence-corrected chi connectivity index (χ4v) is 2.70. The van der Waals surface area contributed by atoms with Gasteiger partial charge in [0, 0.05) is 5.69 Å². The number of hydrogen-bond donors (Lipinski definition) is 3. The maximum absolute atomic E-state index is 12.2. The van der Waals surface area contributed by atoms with Crippen molar-refractivity contribution in [3.8, 4) is 5.75 Å². The van der Waals surface area contributed by atoms with E-state index in [9.17, 15) is 9.59 Å². The molecule has 0 bridgehead atoms. The van der Waals surface area contributed by atoms with Gasteiger partial charge in [0.1, 0.15) is 18.4 Å². The molecule has 4 N–H and O–H groups in total. The number of carbonyl (C=O) groups is 2. The van der Waals surface area contributed by atoms with Gasteiger partial charge in [-0.15, -0.1) is 0 Å². The Morgan fingerprint density at radius 3 is 2.52 bits per heavy atom. The number of anilines is 1. The van der Waals surface area contributed by atoms with E-state index in [0.717, 1.165) is 17.7 Å². The summed E-state index contributed by atoms with van der Waals surface area (Å²) < 4.78 is 11.2. The van der Waals surface area contributed by atoms with Crippen LogP contribution < -0.4 is 21.1 Å². The normalized spacial score (nSPS) is 12.6. The number of carbonyl (C=O) groups excluding carboxylic acids is 2. The van der Waals surface area contributed by atoms with E-state index in [-0.39, 0.29) is 5.92 Å². The first kappa shape index (κ1) is 22.2. The number of nitrogens with one attached hydrogen (secondary N) is 2. The topological polar surface area (TPSA) is 103 Å². The molecule has 3 amide bonds. The van der Waals surface area contributed by atoms with Gasteiger partial charge in [0.05, 0.1) is 13.2 Å². The van der Waals surface area contributed by atoms with E-state index in [4.69, 9.17) is 15.2 Å². The molecule has 0 aromatic heterocycles. The summed E-state index contributed by atoms with van der Waals surface area (Å²) in [5.74, 6) is 0.213. The summed E-state index contributed by atoms with van der Waals surface area (Å²) in [7, 11) is 0. The number of hydrogen-bond acceptors (Lipinski definition) is 4. The van der Waals surface area contributed by atoms with Crippen LogP contribution in [0.15, 0.2) is 54.6 Å². The maximum Gasteiger partial charge on any atom is 0.319 e. The monoisotopic (exact) mass is 399 g/mol. The summed E-state index contributed by atoms with van der Waals surface area (Å²) in [6.45, 7) is 5.10. The van der Waals surface area contributed by atoms with Gasteiger partial charge < -0.3 is 25.8 Å². The number of ether oxygens (including phenoxy) is 2. The van der Waals surface area contributed by atoms with Crippen molar-refractivity contribution < 1.29 is 19.1 Å². The summed E-state index contributed by atoms with van der Waals surface area (Å²) in [6, 6.07) is 15.7. The molecule has 0 heterocycles. The van der Waals surface area contributed by atoms with Crippen LogP contribution in [-0.2, 0) is 16.1 Å². The minimum atomic E-state index is -0.712. The van der Waals surface area contributed by atoms with Crippen LogP contribution in [0.2, 0.25) is 0 Å². The van der Waals surface area contributed by atoms with Crippen molar-refractivity contribution in [3.05, 3.63) is 60.2 Å². The van der Waals surface area contributed by atoms with Gasteiger partial charge in [0.25, 0.3) is 0 Å². The number of rotatable bonds is 11. The second-order valence-electron chi connectivity index (χ2n) is 6.78. The van der Waals surface area contributed by atoms with Crippen LogP contribution in [0.5, 0.6) is 5.75 Å². The zero-order valence-corrected chi connectivity index (χ0v) is 16.9. The molecule has 2 rings (SSSR count). The Hall–Kier alpha value is -3.06. The third-order valence-electron chi connectivity index (χ3n) is 4.50. The molecular weight excluding hydrogens is 370 g/mol. The zero-order chi connectivity index (χ0) is 21.1. The van der Waals surface area contributed by atoms with Gasteiger partial charge in [-0.1, -0.05) is 50.6 Å². The van der Waals surface area contributed by atoms with Crippen LogP contribution in [0.25, 0.3) is 0 Å². The lowest BCUT2D eigenvalue weighted by molar-refractivity contribution is -0.120. The number of primary amides is 1. The van der Waals surface area contributed by atoms with Crippen molar-refractivity contribution in [2.45, 2.75) is 32.9 Å². The van der Waals surface area contributed by atoms with Gasteiger partial charge in [0.2, 0.25) is 5.91 Å². The molecule has 2 atom stereocenters. The predicted molar refractivity (Wildman–Crippen MR) is 113 cm³/mol. The summed E-state index contributed by atoms with van der Waals surface area (Å²) in [5.41, 5.74) is 6.91. The van der Waals surface area contributed by atoms with E-state index in [0.29, 0.717) is 25.5 Å². The highest BCUT2D eigenvalue weighted by Gasteiger charge is 2.23. The smallest absolute Gasteiger partial charge is 0.319 e. The highest BCUT2D eigenvalue weighted by Crippen LogP contribution is 2.13. The zero-order valence-electron chi connectivity index (χ0n) is 16.9. The van der Waals surface area contributed by atoms with Gasteiger partial charge in [-0.25, -0.2) is 4.79 Å². The number of nitrogens with two attached hydrogens (primary N) is 1. The molecular formula is C22H29N3O4. The van der Waals surface area contributed by atoms with Crippen molar-refractivity contribution in [3.63, 3.8) is 0 Å². The second-order valence-corrected chi connectivity index (χ2v) is 6.78. The molecule has 0 spiro atoms. The second kappa shape index (κ2) is 11.7. The highest BCUT2D eigenvalue weighted by atomic mass is 16.5. The van der Waals surface area contributed by atoms with Crippen LogP contribution in [-0.4, -0.2) is 31.2 Å². The molecule has 0 aliphatic carbocycles. The molecule has 0 saturated carbocycles. The SMILES string of the molecule is CC[C@@H](C)[C@@H](NC(=O)Nc1cccc(COCCOc2ccccc2)c1)C(N)=O. The van der Waals surface area contributed by atoms with E-state index in [1.165, 1.54) is 0 Å². The van der Waals surface area contributed by atoms with E-state index in [1.54, 1.807) is 6.07 Å². The van der Waals surface area contributed by atoms with Gasteiger partial charge in [-0.3, -0.25) is 4.79 Å². The van der Waals surface area contributed by atoms with Crippen molar-refractivity contribution in [2.24, 2.45) is 11.7 Å². The summed E-state index contributed by atoms with van der Waals surface area (Å²) >= 11 is 0. The lowest BCUT2D eigenvalue weighted by Crippen LogP contribution is -2.49. The number of benzene rings is 2. The van der Waals surface area contributed by atoms with E-state index < -0.39 is 18.0 Å². The van der Waals surface area contributed by atoms with Gasteiger partial charge in [-0.2, -0.15) is 0 Å². The number of urea groups is 1. The Bertz CT molecular complexity index is 783. The van der Waals surface area contributed by atoms with Gasteiger partial charge in [-0.05, 0) is 35.7 Å². The minimum Gasteiger partial charge on any atom is -0.491 e. The molecule has 2 aromatic rings. The van der Waals surface area contributed by atoms with Crippen molar-refractivity contribution in [1.82, 2.24) is 5.32 Å². The van der Waals surface area contributed by atoms with Crippen LogP contribution in [0.3, 0.4) is 0 Å².